The quantitative estimate of drug-likeness (QED) is 0.106. The van der Waals surface area contributed by atoms with Gasteiger partial charge < -0.3 is 41.1 Å². The van der Waals surface area contributed by atoms with Crippen LogP contribution in [0.15, 0.2) is 36.5 Å². The van der Waals surface area contributed by atoms with E-state index in [0.29, 0.717) is 5.75 Å². The Morgan fingerprint density at radius 3 is 2.39 bits per heavy atom. The summed E-state index contributed by atoms with van der Waals surface area (Å²) in [4.78, 5) is 12.5. The minimum absolute atomic E-state index is 0.00539. The van der Waals surface area contributed by atoms with Gasteiger partial charge in [-0.25, -0.2) is 9.88 Å². The topological polar surface area (TPSA) is 224 Å². The van der Waals surface area contributed by atoms with Crippen LogP contribution < -0.4 is 15.4 Å². The van der Waals surface area contributed by atoms with Crippen LogP contribution >= 0.6 is 0 Å². The van der Waals surface area contributed by atoms with E-state index < -0.39 is 29.6 Å². The second-order valence-electron chi connectivity index (χ2n) is 7.73. The monoisotopic (exact) mass is 466 g/mol. The molecule has 2 fully saturated rings. The van der Waals surface area contributed by atoms with Gasteiger partial charge in [-0.15, -0.1) is 0 Å². The Morgan fingerprint density at radius 2 is 1.79 bits per heavy atom. The van der Waals surface area contributed by atoms with E-state index in [1.165, 1.54) is 12.1 Å². The lowest BCUT2D eigenvalue weighted by Gasteiger charge is -2.61. The predicted molar refractivity (Wildman–Crippen MR) is 107 cm³/mol. The molecular formula is C19H22N4O10. The van der Waals surface area contributed by atoms with Crippen molar-refractivity contribution in [1.82, 2.24) is 4.98 Å². The highest BCUT2D eigenvalue weighted by atomic mass is 17.3. The van der Waals surface area contributed by atoms with E-state index >= 15 is 0 Å². The van der Waals surface area contributed by atoms with Crippen molar-refractivity contribution in [3.63, 3.8) is 0 Å². The van der Waals surface area contributed by atoms with Crippen molar-refractivity contribution >= 4 is 17.2 Å². The Hall–Kier alpha value is -2.92. The molecule has 2 aliphatic rings. The molecule has 0 bridgehead atoms. The molecule has 33 heavy (non-hydrogen) atoms. The first kappa shape index (κ1) is 23.2. The molecule has 2 atom stereocenters. The molecule has 0 amide bonds. The molecule has 14 nitrogen and oxygen atoms in total. The second-order valence-corrected chi connectivity index (χ2v) is 7.73. The average molecular weight is 466 g/mol. The van der Waals surface area contributed by atoms with Gasteiger partial charge in [-0.2, -0.15) is 9.78 Å². The fourth-order valence-corrected chi connectivity index (χ4v) is 3.33. The molecule has 2 saturated heterocycles. The van der Waals surface area contributed by atoms with Gasteiger partial charge >= 0.3 is 23.8 Å². The van der Waals surface area contributed by atoms with E-state index in [0.717, 1.165) is 12.3 Å². The van der Waals surface area contributed by atoms with Gasteiger partial charge in [0.15, 0.2) is 0 Å². The summed E-state index contributed by atoms with van der Waals surface area (Å²) in [6.45, 7) is 3.66. The summed E-state index contributed by atoms with van der Waals surface area (Å²) in [5.74, 6) is -14.2. The van der Waals surface area contributed by atoms with Gasteiger partial charge in [-0.05, 0) is 44.2 Å². The van der Waals surface area contributed by atoms with E-state index in [1.54, 1.807) is 12.1 Å². The highest BCUT2D eigenvalue weighted by molar-refractivity contribution is 6.14. The Bertz CT molecular complexity index is 1090. The Labute approximate surface area is 186 Å². The van der Waals surface area contributed by atoms with Gasteiger partial charge in [0, 0.05) is 23.0 Å². The Morgan fingerprint density at radius 1 is 1.09 bits per heavy atom. The zero-order chi connectivity index (χ0) is 24.4. The molecule has 0 saturated carbocycles. The Balaban J connectivity index is 1.76. The van der Waals surface area contributed by atoms with Crippen LogP contribution in [-0.4, -0.2) is 71.2 Å². The summed E-state index contributed by atoms with van der Waals surface area (Å²) in [7, 11) is 0. The smallest absolute Gasteiger partial charge is 0.394 e. The van der Waals surface area contributed by atoms with Gasteiger partial charge in [0.1, 0.15) is 11.6 Å². The number of pyridine rings is 1. The molecule has 0 aliphatic carbocycles. The van der Waals surface area contributed by atoms with Gasteiger partial charge in [0.05, 0.1) is 11.8 Å². The zero-order valence-electron chi connectivity index (χ0n) is 17.3. The number of hydrogen-bond acceptors (Lipinski definition) is 14. The fourth-order valence-electron chi connectivity index (χ4n) is 3.33. The molecule has 9 N–H and O–H groups in total. The van der Waals surface area contributed by atoms with Crippen molar-refractivity contribution in [2.45, 2.75) is 43.7 Å². The number of ether oxygens (including phenoxy) is 2. The van der Waals surface area contributed by atoms with Gasteiger partial charge in [0.25, 0.3) is 0 Å². The molecule has 0 radical (unpaired) electrons. The summed E-state index contributed by atoms with van der Waals surface area (Å²) in [5.41, 5.74) is 6.48. The van der Waals surface area contributed by atoms with E-state index in [1.807, 2.05) is 13.8 Å². The minimum Gasteiger partial charge on any atom is -0.491 e. The van der Waals surface area contributed by atoms with Crippen LogP contribution in [0.25, 0.3) is 0 Å². The van der Waals surface area contributed by atoms with Crippen LogP contribution in [0.4, 0.5) is 11.5 Å². The number of aliphatic hydroxyl groups is 6. The highest BCUT2D eigenvalue weighted by Gasteiger charge is 2.83. The third-order valence-electron chi connectivity index (χ3n) is 4.94. The number of hydrogen-bond donors (Lipinski definition) is 8. The second kappa shape index (κ2) is 7.29. The number of rotatable bonds is 5. The summed E-state index contributed by atoms with van der Waals surface area (Å²) in [6.07, 6.45) is 0.987. The van der Waals surface area contributed by atoms with Crippen LogP contribution in [0.5, 0.6) is 5.75 Å². The number of fused-ring (bicyclic) bond motifs is 1. The van der Waals surface area contributed by atoms with Gasteiger partial charge in [-0.3, -0.25) is 10.1 Å². The number of morpholine rings is 1. The average Bonchev–Trinajstić information content (AvgIpc) is 2.72. The number of aromatic nitrogens is 1. The number of nitrogen functional groups attached to an aromatic ring is 1. The van der Waals surface area contributed by atoms with Gasteiger partial charge in [0.2, 0.25) is 0 Å². The summed E-state index contributed by atoms with van der Waals surface area (Å²) < 4.78 is 9.89. The molecule has 2 unspecified atom stereocenters. The zero-order valence-corrected chi connectivity index (χ0v) is 17.3. The third kappa shape index (κ3) is 3.41. The maximum atomic E-state index is 10.6. The molecule has 3 heterocycles. The van der Waals surface area contributed by atoms with Crippen LogP contribution in [0.1, 0.15) is 25.0 Å². The fraction of sp³-hybridized carbons (Fsp3) is 0.368. The number of nitrogens with zero attached hydrogens (tertiary/aromatic N) is 2. The third-order valence-corrected chi connectivity index (χ3v) is 4.94. The van der Waals surface area contributed by atoms with Crippen LogP contribution in [-0.2, 0) is 14.5 Å². The predicted octanol–water partition coefficient (Wildman–Crippen LogP) is -1.77. The lowest BCUT2D eigenvalue weighted by molar-refractivity contribution is -0.756. The number of nitrogens with two attached hydrogens (primary N) is 1. The molecular weight excluding hydrogens is 444 g/mol. The van der Waals surface area contributed by atoms with E-state index in [9.17, 15) is 30.6 Å². The maximum Gasteiger partial charge on any atom is 0.394 e. The Kier molecular flexibility index (Phi) is 5.14. The van der Waals surface area contributed by atoms with Crippen molar-refractivity contribution in [1.29, 1.82) is 5.41 Å². The normalized spacial score (nSPS) is 27.6. The molecule has 1 aromatic carbocycles. The van der Waals surface area contributed by atoms with Crippen molar-refractivity contribution in [3.05, 3.63) is 47.7 Å². The van der Waals surface area contributed by atoms with Crippen molar-refractivity contribution in [2.24, 2.45) is 0 Å². The highest BCUT2D eigenvalue weighted by Crippen LogP contribution is 2.52. The van der Waals surface area contributed by atoms with Crippen LogP contribution in [0, 0.1) is 5.41 Å². The largest absolute Gasteiger partial charge is 0.491 e. The lowest BCUT2D eigenvalue weighted by Crippen LogP contribution is -2.90. The summed E-state index contributed by atoms with van der Waals surface area (Å²) in [6, 6.07) is 7.16. The maximum absolute atomic E-state index is 10.6. The van der Waals surface area contributed by atoms with Gasteiger partial charge in [-0.1, -0.05) is 0 Å². The molecule has 178 valence electrons. The number of benzene rings is 1. The van der Waals surface area contributed by atoms with Crippen molar-refractivity contribution in [3.8, 4) is 5.75 Å². The molecule has 14 heteroatoms. The molecule has 2 aliphatic heterocycles. The first-order valence-electron chi connectivity index (χ1n) is 9.55. The lowest BCUT2D eigenvalue weighted by atomic mass is 10.0. The van der Waals surface area contributed by atoms with E-state index in [2.05, 4.69) is 19.5 Å². The SMILES string of the molecule is CC(C)Oc1ccc(N)c(C(=N)c2ccnc(N3C(O)(O)C(O)(O)OC4(O)OOC34O)c2)c1. The van der Waals surface area contributed by atoms with Crippen LogP contribution in [0.2, 0.25) is 0 Å². The minimum atomic E-state index is -3.88. The number of nitrogens with one attached hydrogen (secondary N) is 1. The molecule has 2 aromatic rings. The first-order valence-corrected chi connectivity index (χ1v) is 9.55. The summed E-state index contributed by atoms with van der Waals surface area (Å²) in [5, 5.41) is 69.9. The summed E-state index contributed by atoms with van der Waals surface area (Å²) >= 11 is 0. The van der Waals surface area contributed by atoms with Crippen molar-refractivity contribution in [2.75, 3.05) is 10.6 Å². The first-order chi connectivity index (χ1) is 15.2. The standard InChI is InChI=1S/C19H22N4O10/c1-9(2)30-11-3-4-13(20)12(8-11)15(21)10-5-6-22-14(7-10)23-16(24,25)18(27,28)31-19(29)17(23,26)32-33-19/h3-9,21,24-29H,20H2,1-2H3. The van der Waals surface area contributed by atoms with Crippen LogP contribution in [0.3, 0.4) is 0 Å². The van der Waals surface area contributed by atoms with Crippen molar-refractivity contribution < 1.29 is 49.9 Å². The number of anilines is 2. The van der Waals surface area contributed by atoms with E-state index in [4.69, 9.17) is 15.9 Å². The van der Waals surface area contributed by atoms with E-state index in [-0.39, 0.29) is 33.5 Å². The molecule has 1 aromatic heterocycles. The molecule has 4 rings (SSSR count). The molecule has 0 spiro atoms.